The van der Waals surface area contributed by atoms with Gasteiger partial charge in [0, 0.05) is 53.8 Å². The Bertz CT molecular complexity index is 1290. The van der Waals surface area contributed by atoms with Crippen LogP contribution in [-0.4, -0.2) is 48.0 Å². The van der Waals surface area contributed by atoms with E-state index < -0.39 is 0 Å². The molecule has 0 aromatic heterocycles. The molecule has 1 fully saturated rings. The lowest BCUT2D eigenvalue weighted by molar-refractivity contribution is -0.134. The summed E-state index contributed by atoms with van der Waals surface area (Å²) in [7, 11) is 0. The minimum absolute atomic E-state index is 0.00163. The van der Waals surface area contributed by atoms with E-state index in [0.717, 1.165) is 16.5 Å². The molecule has 35 heavy (non-hydrogen) atoms. The number of rotatable bonds is 4. The molecule has 1 aliphatic heterocycles. The van der Waals surface area contributed by atoms with Crippen molar-refractivity contribution < 1.29 is 9.59 Å². The normalized spacial score (nSPS) is 13.7. The van der Waals surface area contributed by atoms with Gasteiger partial charge in [-0.25, -0.2) is 0 Å². The van der Waals surface area contributed by atoms with Gasteiger partial charge in [-0.15, -0.1) is 0 Å². The minimum Gasteiger partial charge on any atom is -0.367 e. The first-order chi connectivity index (χ1) is 16.7. The Kier molecular flexibility index (Phi) is 7.79. The molecule has 2 amide bonds. The zero-order valence-corrected chi connectivity index (χ0v) is 21.8. The molecular formula is C26H26Cl2N4O2S. The maximum absolute atomic E-state index is 12.9. The van der Waals surface area contributed by atoms with Gasteiger partial charge in [-0.05, 0) is 47.9 Å². The summed E-state index contributed by atoms with van der Waals surface area (Å²) in [6, 6.07) is 16.4. The lowest BCUT2D eigenvalue weighted by Gasteiger charge is -2.37. The van der Waals surface area contributed by atoms with Crippen molar-refractivity contribution in [2.24, 2.45) is 5.92 Å². The SMILES string of the molecule is CC(C)C(=O)N1CCN(c2ccc(NC(=S)NC(=O)c3cccc4c(Cl)cccc34)cc2Cl)CC1. The van der Waals surface area contributed by atoms with E-state index >= 15 is 0 Å². The summed E-state index contributed by atoms with van der Waals surface area (Å²) in [6.45, 7) is 6.61. The van der Waals surface area contributed by atoms with Gasteiger partial charge in [0.25, 0.3) is 5.91 Å². The van der Waals surface area contributed by atoms with Gasteiger partial charge < -0.3 is 15.1 Å². The molecule has 0 atom stereocenters. The number of hydrogen-bond acceptors (Lipinski definition) is 4. The smallest absolute Gasteiger partial charge is 0.258 e. The van der Waals surface area contributed by atoms with E-state index in [0.29, 0.717) is 47.5 Å². The number of fused-ring (bicyclic) bond motifs is 1. The number of amides is 2. The number of nitrogens with zero attached hydrogens (tertiary/aromatic N) is 2. The molecular weight excluding hydrogens is 503 g/mol. The molecule has 0 spiro atoms. The highest BCUT2D eigenvalue weighted by atomic mass is 35.5. The third-order valence-corrected chi connectivity index (χ3v) is 6.81. The molecule has 182 valence electrons. The molecule has 3 aromatic rings. The fourth-order valence-corrected chi connectivity index (χ4v) is 4.92. The maximum atomic E-state index is 12.9. The topological polar surface area (TPSA) is 64.7 Å². The Morgan fingerprint density at radius 2 is 1.60 bits per heavy atom. The van der Waals surface area contributed by atoms with Gasteiger partial charge in [0.1, 0.15) is 0 Å². The van der Waals surface area contributed by atoms with Gasteiger partial charge in [-0.1, -0.05) is 61.3 Å². The average molecular weight is 529 g/mol. The van der Waals surface area contributed by atoms with Crippen molar-refractivity contribution in [2.45, 2.75) is 13.8 Å². The van der Waals surface area contributed by atoms with Gasteiger partial charge in [0.05, 0.1) is 10.7 Å². The quantitative estimate of drug-likeness (QED) is 0.433. The number of piperazine rings is 1. The second kappa shape index (κ2) is 10.8. The standard InChI is InChI=1S/C26H26Cl2N4O2S/c1-16(2)25(34)32-13-11-31(12-14-32)23-10-9-17(15-22(23)28)29-26(35)30-24(33)20-7-3-6-19-18(20)5-4-8-21(19)27/h3-10,15-16H,11-14H2,1-2H3,(H2,29,30,33,35). The average Bonchev–Trinajstić information content (AvgIpc) is 2.83. The number of carbonyl (C=O) groups excluding carboxylic acids is 2. The van der Waals surface area contributed by atoms with E-state index in [1.54, 1.807) is 24.3 Å². The number of thiocarbonyl (C=S) groups is 1. The third-order valence-electron chi connectivity index (χ3n) is 5.97. The fourth-order valence-electron chi connectivity index (χ4n) is 4.18. The van der Waals surface area contributed by atoms with Crippen LogP contribution in [0.3, 0.4) is 0 Å². The molecule has 4 rings (SSSR count). The van der Waals surface area contributed by atoms with Gasteiger partial charge in [-0.2, -0.15) is 0 Å². The Morgan fingerprint density at radius 1 is 0.914 bits per heavy atom. The van der Waals surface area contributed by atoms with Crippen LogP contribution in [0.5, 0.6) is 0 Å². The molecule has 1 saturated heterocycles. The Labute approximate surface area is 220 Å². The molecule has 9 heteroatoms. The summed E-state index contributed by atoms with van der Waals surface area (Å²) in [5.41, 5.74) is 2.05. The van der Waals surface area contributed by atoms with E-state index in [1.165, 1.54) is 0 Å². The molecule has 1 aliphatic rings. The highest BCUT2D eigenvalue weighted by molar-refractivity contribution is 7.80. The molecule has 0 aliphatic carbocycles. The molecule has 3 aromatic carbocycles. The maximum Gasteiger partial charge on any atom is 0.258 e. The van der Waals surface area contributed by atoms with Gasteiger partial charge in [0.15, 0.2) is 5.11 Å². The monoisotopic (exact) mass is 528 g/mol. The summed E-state index contributed by atoms with van der Waals surface area (Å²) in [4.78, 5) is 29.2. The van der Waals surface area contributed by atoms with Gasteiger partial charge >= 0.3 is 0 Å². The van der Waals surface area contributed by atoms with Crippen LogP contribution in [0.2, 0.25) is 10.0 Å². The van der Waals surface area contributed by atoms with Crippen LogP contribution >= 0.6 is 35.4 Å². The number of anilines is 2. The molecule has 0 unspecified atom stereocenters. The Hall–Kier alpha value is -2.87. The van der Waals surface area contributed by atoms with Gasteiger partial charge in [0.2, 0.25) is 5.91 Å². The van der Waals surface area contributed by atoms with E-state index in [4.69, 9.17) is 35.4 Å². The Morgan fingerprint density at radius 3 is 2.29 bits per heavy atom. The highest BCUT2D eigenvalue weighted by Gasteiger charge is 2.24. The molecule has 0 radical (unpaired) electrons. The first kappa shape index (κ1) is 25.2. The largest absolute Gasteiger partial charge is 0.367 e. The third kappa shape index (κ3) is 5.69. The highest BCUT2D eigenvalue weighted by Crippen LogP contribution is 2.30. The van der Waals surface area contributed by atoms with Crippen molar-refractivity contribution in [2.75, 3.05) is 36.4 Å². The number of benzene rings is 3. The van der Waals surface area contributed by atoms with Crippen LogP contribution in [0.25, 0.3) is 10.8 Å². The van der Waals surface area contributed by atoms with Crippen molar-refractivity contribution in [3.63, 3.8) is 0 Å². The second-order valence-electron chi connectivity index (χ2n) is 8.68. The summed E-state index contributed by atoms with van der Waals surface area (Å²) in [5, 5.41) is 8.62. The fraction of sp³-hybridized carbons (Fsp3) is 0.269. The summed E-state index contributed by atoms with van der Waals surface area (Å²) in [6.07, 6.45) is 0. The van der Waals surface area contributed by atoms with Crippen LogP contribution in [0.4, 0.5) is 11.4 Å². The lowest BCUT2D eigenvalue weighted by Crippen LogP contribution is -2.50. The van der Waals surface area contributed by atoms with Crippen LogP contribution in [-0.2, 0) is 4.79 Å². The predicted molar refractivity (Wildman–Crippen MR) is 148 cm³/mol. The lowest BCUT2D eigenvalue weighted by atomic mass is 10.0. The predicted octanol–water partition coefficient (Wildman–Crippen LogP) is 5.58. The van der Waals surface area contributed by atoms with Crippen molar-refractivity contribution in [1.82, 2.24) is 10.2 Å². The number of hydrogen-bond donors (Lipinski definition) is 2. The number of nitrogens with one attached hydrogen (secondary N) is 2. The molecule has 6 nitrogen and oxygen atoms in total. The van der Waals surface area contributed by atoms with Crippen molar-refractivity contribution in [1.29, 1.82) is 0 Å². The van der Waals surface area contributed by atoms with Crippen LogP contribution < -0.4 is 15.5 Å². The molecule has 0 bridgehead atoms. The Balaban J connectivity index is 1.39. The van der Waals surface area contributed by atoms with E-state index in [1.807, 2.05) is 49.1 Å². The number of carbonyl (C=O) groups is 2. The van der Waals surface area contributed by atoms with Crippen molar-refractivity contribution in [3.8, 4) is 0 Å². The van der Waals surface area contributed by atoms with E-state index in [9.17, 15) is 9.59 Å². The molecule has 1 heterocycles. The molecule has 0 saturated carbocycles. The van der Waals surface area contributed by atoms with Crippen LogP contribution in [0.1, 0.15) is 24.2 Å². The second-order valence-corrected chi connectivity index (χ2v) is 9.90. The zero-order valence-electron chi connectivity index (χ0n) is 19.5. The molecule has 2 N–H and O–H groups in total. The van der Waals surface area contributed by atoms with E-state index in [2.05, 4.69) is 15.5 Å². The van der Waals surface area contributed by atoms with Crippen molar-refractivity contribution >= 4 is 74.5 Å². The van der Waals surface area contributed by atoms with Crippen LogP contribution in [0.15, 0.2) is 54.6 Å². The summed E-state index contributed by atoms with van der Waals surface area (Å²) in [5.74, 6) is -0.150. The summed E-state index contributed by atoms with van der Waals surface area (Å²) < 4.78 is 0. The summed E-state index contributed by atoms with van der Waals surface area (Å²) >= 11 is 18.2. The first-order valence-corrected chi connectivity index (χ1v) is 12.5. The minimum atomic E-state index is -0.327. The zero-order chi connectivity index (χ0) is 25.1. The van der Waals surface area contributed by atoms with Crippen LogP contribution in [0, 0.1) is 5.92 Å². The van der Waals surface area contributed by atoms with E-state index in [-0.39, 0.29) is 22.8 Å². The number of halogens is 2. The van der Waals surface area contributed by atoms with Gasteiger partial charge in [-0.3, -0.25) is 14.9 Å². The van der Waals surface area contributed by atoms with Crippen molar-refractivity contribution in [3.05, 3.63) is 70.2 Å². The first-order valence-electron chi connectivity index (χ1n) is 11.4.